The Labute approximate surface area is 85.5 Å². The Morgan fingerprint density at radius 1 is 1.50 bits per heavy atom. The molecule has 2 heteroatoms. The molecule has 0 saturated heterocycles. The monoisotopic (exact) mass is 190 g/mol. The van der Waals surface area contributed by atoms with Gasteiger partial charge < -0.3 is 11.1 Å². The maximum Gasteiger partial charge on any atom is 0.0390 e. The lowest BCUT2D eigenvalue weighted by atomic mass is 9.91. The molecule has 1 aromatic rings. The number of fused-ring (bicyclic) bond motifs is 1. The average molecular weight is 190 g/mol. The summed E-state index contributed by atoms with van der Waals surface area (Å²) in [5, 5.41) is 3.52. The summed E-state index contributed by atoms with van der Waals surface area (Å²) in [7, 11) is 0. The molecule has 76 valence electrons. The van der Waals surface area contributed by atoms with Crippen LogP contribution in [0.1, 0.15) is 36.9 Å². The van der Waals surface area contributed by atoms with Crippen molar-refractivity contribution in [2.45, 2.75) is 38.8 Å². The summed E-state index contributed by atoms with van der Waals surface area (Å²) in [4.78, 5) is 0. The van der Waals surface area contributed by atoms with Crippen LogP contribution in [0.3, 0.4) is 0 Å². The highest BCUT2D eigenvalue weighted by Crippen LogP contribution is 2.32. The molecule has 0 spiro atoms. The number of nitrogens with one attached hydrogen (secondary N) is 1. The van der Waals surface area contributed by atoms with Gasteiger partial charge in [0.2, 0.25) is 0 Å². The fourth-order valence-electron chi connectivity index (χ4n) is 2.10. The lowest BCUT2D eigenvalue weighted by Crippen LogP contribution is -2.31. The number of rotatable bonds is 1. The summed E-state index contributed by atoms with van der Waals surface area (Å²) in [6.07, 6.45) is 2.19. The summed E-state index contributed by atoms with van der Waals surface area (Å²) in [5.41, 5.74) is 9.93. The second kappa shape index (κ2) is 3.62. The molecule has 2 atom stereocenters. The summed E-state index contributed by atoms with van der Waals surface area (Å²) in [6, 6.07) is 7.22. The molecule has 0 fully saturated rings. The molecule has 3 N–H and O–H groups in total. The average Bonchev–Trinajstić information content (AvgIpc) is 2.19. The maximum absolute atomic E-state index is 6.14. The van der Waals surface area contributed by atoms with Crippen LogP contribution in [0.25, 0.3) is 0 Å². The lowest BCUT2D eigenvalue weighted by molar-refractivity contribution is 0.531. The van der Waals surface area contributed by atoms with Crippen molar-refractivity contribution in [1.82, 2.24) is 0 Å². The maximum atomic E-state index is 6.14. The van der Waals surface area contributed by atoms with E-state index >= 15 is 0 Å². The van der Waals surface area contributed by atoms with Crippen molar-refractivity contribution in [3.8, 4) is 0 Å². The number of nitrogens with two attached hydrogens (primary N) is 1. The molecule has 0 radical (unpaired) electrons. The topological polar surface area (TPSA) is 38.0 Å². The third-order valence-electron chi connectivity index (χ3n) is 3.00. The Balaban J connectivity index is 2.35. The largest absolute Gasteiger partial charge is 0.382 e. The number of hydrogen-bond acceptors (Lipinski definition) is 2. The first-order valence-corrected chi connectivity index (χ1v) is 5.33. The van der Waals surface area contributed by atoms with Gasteiger partial charge in [-0.15, -0.1) is 0 Å². The number of aryl methyl sites for hydroxylation is 1. The van der Waals surface area contributed by atoms with Crippen LogP contribution in [0.5, 0.6) is 0 Å². The van der Waals surface area contributed by atoms with Crippen LogP contribution >= 0.6 is 0 Å². The molecule has 0 amide bonds. The van der Waals surface area contributed by atoms with Crippen LogP contribution in [-0.4, -0.2) is 6.04 Å². The molecule has 0 saturated carbocycles. The highest BCUT2D eigenvalue weighted by molar-refractivity contribution is 5.56. The van der Waals surface area contributed by atoms with Crippen LogP contribution in [0.15, 0.2) is 18.2 Å². The fourth-order valence-corrected chi connectivity index (χ4v) is 2.10. The first-order chi connectivity index (χ1) is 6.70. The van der Waals surface area contributed by atoms with Gasteiger partial charge in [0, 0.05) is 17.8 Å². The predicted molar refractivity (Wildman–Crippen MR) is 60.4 cm³/mol. The number of hydrogen-bond donors (Lipinski definition) is 2. The van der Waals surface area contributed by atoms with Gasteiger partial charge in [0.25, 0.3) is 0 Å². The van der Waals surface area contributed by atoms with Gasteiger partial charge in [0.15, 0.2) is 0 Å². The molecule has 2 nitrogen and oxygen atoms in total. The molecule has 1 heterocycles. The van der Waals surface area contributed by atoms with Crippen molar-refractivity contribution in [2.75, 3.05) is 5.32 Å². The highest BCUT2D eigenvalue weighted by Gasteiger charge is 2.22. The summed E-state index contributed by atoms with van der Waals surface area (Å²) >= 11 is 0. The highest BCUT2D eigenvalue weighted by atomic mass is 14.9. The normalized spacial score (nSPS) is 25.4. The third-order valence-corrected chi connectivity index (χ3v) is 3.00. The quantitative estimate of drug-likeness (QED) is 0.714. The second-order valence-electron chi connectivity index (χ2n) is 4.18. The molecule has 0 aliphatic carbocycles. The van der Waals surface area contributed by atoms with E-state index in [2.05, 4.69) is 37.4 Å². The minimum Gasteiger partial charge on any atom is -0.382 e. The van der Waals surface area contributed by atoms with Crippen LogP contribution in [-0.2, 0) is 0 Å². The molecule has 2 rings (SSSR count). The van der Waals surface area contributed by atoms with Crippen LogP contribution in [0, 0.1) is 6.92 Å². The molecule has 14 heavy (non-hydrogen) atoms. The van der Waals surface area contributed by atoms with Gasteiger partial charge in [0.1, 0.15) is 0 Å². The Morgan fingerprint density at radius 2 is 2.29 bits per heavy atom. The van der Waals surface area contributed by atoms with Crippen molar-refractivity contribution in [3.63, 3.8) is 0 Å². The molecule has 1 aliphatic rings. The van der Waals surface area contributed by atoms with E-state index in [1.807, 2.05) is 0 Å². The Morgan fingerprint density at radius 3 is 3.00 bits per heavy atom. The van der Waals surface area contributed by atoms with Crippen molar-refractivity contribution in [3.05, 3.63) is 29.3 Å². The number of anilines is 1. The molecule has 0 bridgehead atoms. The minimum atomic E-state index is 0.205. The third kappa shape index (κ3) is 1.62. The van der Waals surface area contributed by atoms with Crippen LogP contribution in [0.2, 0.25) is 0 Å². The first kappa shape index (κ1) is 9.53. The minimum absolute atomic E-state index is 0.205. The van der Waals surface area contributed by atoms with Crippen LogP contribution in [0.4, 0.5) is 5.69 Å². The zero-order chi connectivity index (χ0) is 10.1. The van der Waals surface area contributed by atoms with Gasteiger partial charge in [0.05, 0.1) is 0 Å². The molecule has 1 aromatic carbocycles. The van der Waals surface area contributed by atoms with Crippen molar-refractivity contribution in [2.24, 2.45) is 5.73 Å². The van der Waals surface area contributed by atoms with Crippen molar-refractivity contribution >= 4 is 5.69 Å². The summed E-state index contributed by atoms with van der Waals surface area (Å²) in [6.45, 7) is 4.31. The van der Waals surface area contributed by atoms with Gasteiger partial charge >= 0.3 is 0 Å². The Hall–Kier alpha value is -1.02. The molecule has 0 aromatic heterocycles. The molecular formula is C12H18N2. The Bertz CT molecular complexity index is 333. The van der Waals surface area contributed by atoms with E-state index in [9.17, 15) is 0 Å². The van der Waals surface area contributed by atoms with E-state index in [1.54, 1.807) is 0 Å². The van der Waals surface area contributed by atoms with Crippen LogP contribution < -0.4 is 11.1 Å². The predicted octanol–water partition coefficient (Wildman–Crippen LogP) is 2.59. The van der Waals surface area contributed by atoms with E-state index in [1.165, 1.54) is 16.8 Å². The van der Waals surface area contributed by atoms with E-state index < -0.39 is 0 Å². The molecular weight excluding hydrogens is 172 g/mol. The second-order valence-corrected chi connectivity index (χ2v) is 4.18. The fraction of sp³-hybridized carbons (Fsp3) is 0.500. The SMILES string of the molecule is CC[C@@H]1C[C@H](N)c2cc(C)ccc2N1. The van der Waals surface area contributed by atoms with Gasteiger partial charge in [-0.3, -0.25) is 0 Å². The van der Waals surface area contributed by atoms with Crippen molar-refractivity contribution < 1.29 is 0 Å². The van der Waals surface area contributed by atoms with E-state index in [0.29, 0.717) is 6.04 Å². The Kier molecular flexibility index (Phi) is 2.46. The lowest BCUT2D eigenvalue weighted by Gasteiger charge is -2.31. The van der Waals surface area contributed by atoms with Gasteiger partial charge in [-0.25, -0.2) is 0 Å². The summed E-state index contributed by atoms with van der Waals surface area (Å²) in [5.74, 6) is 0. The zero-order valence-corrected chi connectivity index (χ0v) is 8.88. The standard InChI is InChI=1S/C12H18N2/c1-3-9-7-11(13)10-6-8(2)4-5-12(10)14-9/h4-6,9,11,14H,3,7,13H2,1-2H3/t9-,11+/m1/s1. The van der Waals surface area contributed by atoms with Gasteiger partial charge in [-0.05, 0) is 31.4 Å². The van der Waals surface area contributed by atoms with Gasteiger partial charge in [-0.1, -0.05) is 24.6 Å². The van der Waals surface area contributed by atoms with Gasteiger partial charge in [-0.2, -0.15) is 0 Å². The summed E-state index contributed by atoms with van der Waals surface area (Å²) < 4.78 is 0. The van der Waals surface area contributed by atoms with Crippen molar-refractivity contribution in [1.29, 1.82) is 0 Å². The van der Waals surface area contributed by atoms with E-state index in [0.717, 1.165) is 12.8 Å². The van der Waals surface area contributed by atoms with E-state index in [-0.39, 0.29) is 6.04 Å². The number of benzene rings is 1. The molecule has 0 unspecified atom stereocenters. The van der Waals surface area contributed by atoms with E-state index in [4.69, 9.17) is 5.73 Å². The first-order valence-electron chi connectivity index (χ1n) is 5.33. The zero-order valence-electron chi connectivity index (χ0n) is 8.88. The smallest absolute Gasteiger partial charge is 0.0390 e. The molecule has 1 aliphatic heterocycles.